The lowest BCUT2D eigenvalue weighted by Gasteiger charge is -2.17. The first kappa shape index (κ1) is 15.9. The maximum atomic E-state index is 13.8. The summed E-state index contributed by atoms with van der Waals surface area (Å²) < 4.78 is 26.2. The highest BCUT2D eigenvalue weighted by Crippen LogP contribution is 2.29. The summed E-state index contributed by atoms with van der Waals surface area (Å²) in [6, 6.07) is 9.97. The first-order chi connectivity index (χ1) is 10.6. The van der Waals surface area contributed by atoms with Crippen molar-refractivity contribution >= 4 is 5.69 Å². The number of ether oxygens (including phenoxy) is 2. The number of methoxy groups -OCH3 is 1. The Morgan fingerprint density at radius 2 is 2.14 bits per heavy atom. The van der Waals surface area contributed by atoms with Gasteiger partial charge in [-0.15, -0.1) is 0 Å². The van der Waals surface area contributed by atoms with Gasteiger partial charge in [-0.3, -0.25) is 4.57 Å². The zero-order chi connectivity index (χ0) is 16.1. The van der Waals surface area contributed by atoms with Gasteiger partial charge >= 0.3 is 0 Å². The summed E-state index contributed by atoms with van der Waals surface area (Å²) in [5, 5.41) is 9.24. The number of benzene rings is 1. The van der Waals surface area contributed by atoms with Gasteiger partial charge in [-0.25, -0.2) is 4.39 Å². The predicted molar refractivity (Wildman–Crippen MR) is 81.0 cm³/mol. The fraction of sp³-hybridized carbons (Fsp3) is 0.312. The van der Waals surface area contributed by atoms with Crippen LogP contribution in [0, 0.1) is 17.1 Å². The van der Waals surface area contributed by atoms with E-state index in [-0.39, 0.29) is 18.5 Å². The van der Waals surface area contributed by atoms with Crippen LogP contribution in [0.3, 0.4) is 0 Å². The first-order valence-corrected chi connectivity index (χ1v) is 6.85. The molecule has 1 heterocycles. The van der Waals surface area contributed by atoms with Gasteiger partial charge in [0.25, 0.3) is 0 Å². The van der Waals surface area contributed by atoms with Crippen molar-refractivity contribution in [2.24, 2.45) is 0 Å². The Bertz CT molecular complexity index is 691. The molecule has 0 aliphatic rings. The fourth-order valence-corrected chi connectivity index (χ4v) is 2.19. The number of nitriles is 1. The van der Waals surface area contributed by atoms with Crippen molar-refractivity contribution in [3.8, 4) is 11.9 Å². The van der Waals surface area contributed by atoms with Crippen LogP contribution in [0.4, 0.5) is 10.1 Å². The van der Waals surface area contributed by atoms with Crippen molar-refractivity contribution in [2.75, 3.05) is 19.5 Å². The molecule has 1 aromatic carbocycles. The van der Waals surface area contributed by atoms with Gasteiger partial charge in [0, 0.05) is 18.7 Å². The van der Waals surface area contributed by atoms with Gasteiger partial charge in [-0.2, -0.15) is 5.26 Å². The van der Waals surface area contributed by atoms with Gasteiger partial charge in [0.15, 0.2) is 0 Å². The van der Waals surface area contributed by atoms with Crippen molar-refractivity contribution in [1.29, 1.82) is 5.26 Å². The molecule has 0 aliphatic carbocycles. The van der Waals surface area contributed by atoms with Crippen LogP contribution in [0.5, 0.6) is 5.88 Å². The Labute approximate surface area is 128 Å². The second-order valence-corrected chi connectivity index (χ2v) is 4.96. The van der Waals surface area contributed by atoms with E-state index in [0.717, 1.165) is 0 Å². The van der Waals surface area contributed by atoms with E-state index in [1.807, 2.05) is 6.92 Å². The standard InChI is InChI=1S/C16H18FN3O2/c1-11(10-21-2)22-16-15(19)7-13(8-18)20(16)9-12-5-3-4-6-14(12)17/h3-7,11H,9-10,19H2,1-2H3/t11-/m1/s1. The normalized spacial score (nSPS) is 11.9. The van der Waals surface area contributed by atoms with Crippen LogP contribution in [0.1, 0.15) is 18.2 Å². The van der Waals surface area contributed by atoms with Crippen molar-refractivity contribution in [1.82, 2.24) is 4.57 Å². The van der Waals surface area contributed by atoms with E-state index in [4.69, 9.17) is 15.2 Å². The Balaban J connectivity index is 2.37. The molecule has 0 aliphatic heterocycles. The molecule has 2 N–H and O–H groups in total. The van der Waals surface area contributed by atoms with Crippen LogP contribution in [-0.4, -0.2) is 24.4 Å². The monoisotopic (exact) mass is 303 g/mol. The van der Waals surface area contributed by atoms with Gasteiger partial charge in [-0.1, -0.05) is 18.2 Å². The second-order valence-electron chi connectivity index (χ2n) is 4.96. The number of nitrogen functional groups attached to an aromatic ring is 1. The molecule has 22 heavy (non-hydrogen) atoms. The van der Waals surface area contributed by atoms with Crippen molar-refractivity contribution in [3.63, 3.8) is 0 Å². The Morgan fingerprint density at radius 3 is 2.77 bits per heavy atom. The van der Waals surface area contributed by atoms with Crippen LogP contribution in [-0.2, 0) is 11.3 Å². The lowest BCUT2D eigenvalue weighted by molar-refractivity contribution is 0.0869. The summed E-state index contributed by atoms with van der Waals surface area (Å²) in [5.74, 6) is 0.0129. The molecule has 0 saturated carbocycles. The van der Waals surface area contributed by atoms with Crippen LogP contribution >= 0.6 is 0 Å². The third-order valence-corrected chi connectivity index (χ3v) is 3.19. The summed E-state index contributed by atoms with van der Waals surface area (Å²) in [6.07, 6.45) is -0.242. The van der Waals surface area contributed by atoms with E-state index < -0.39 is 0 Å². The molecule has 0 radical (unpaired) electrons. The molecular weight excluding hydrogens is 285 g/mol. The van der Waals surface area contributed by atoms with Crippen LogP contribution in [0.15, 0.2) is 30.3 Å². The number of halogens is 1. The summed E-state index contributed by atoms with van der Waals surface area (Å²) in [5.41, 5.74) is 7.04. The maximum Gasteiger partial charge on any atom is 0.219 e. The van der Waals surface area contributed by atoms with Crippen molar-refractivity contribution in [3.05, 3.63) is 47.4 Å². The van der Waals surface area contributed by atoms with Gasteiger partial charge in [-0.05, 0) is 13.0 Å². The topological polar surface area (TPSA) is 73.2 Å². The molecule has 0 unspecified atom stereocenters. The highest BCUT2D eigenvalue weighted by molar-refractivity contribution is 5.55. The van der Waals surface area contributed by atoms with E-state index >= 15 is 0 Å². The van der Waals surface area contributed by atoms with Crippen LogP contribution in [0.2, 0.25) is 0 Å². The van der Waals surface area contributed by atoms with E-state index in [2.05, 4.69) is 6.07 Å². The molecule has 0 saturated heterocycles. The van der Waals surface area contributed by atoms with Gasteiger partial charge in [0.2, 0.25) is 5.88 Å². The number of aromatic nitrogens is 1. The maximum absolute atomic E-state index is 13.8. The molecule has 2 rings (SSSR count). The summed E-state index contributed by atoms with van der Waals surface area (Å²) >= 11 is 0. The molecule has 0 bridgehead atoms. The summed E-state index contributed by atoms with van der Waals surface area (Å²) in [7, 11) is 1.57. The number of rotatable bonds is 6. The molecule has 1 atom stereocenters. The zero-order valence-corrected chi connectivity index (χ0v) is 12.5. The van der Waals surface area contributed by atoms with Crippen LogP contribution in [0.25, 0.3) is 0 Å². The van der Waals surface area contributed by atoms with E-state index in [9.17, 15) is 9.65 Å². The molecule has 0 fully saturated rings. The van der Waals surface area contributed by atoms with Crippen LogP contribution < -0.4 is 10.5 Å². The second kappa shape index (κ2) is 6.96. The summed E-state index contributed by atoms with van der Waals surface area (Å²) in [6.45, 7) is 2.38. The Hall–Kier alpha value is -2.52. The minimum atomic E-state index is -0.338. The lowest BCUT2D eigenvalue weighted by atomic mass is 10.2. The average Bonchev–Trinajstić information content (AvgIpc) is 2.78. The van der Waals surface area contributed by atoms with Gasteiger partial charge < -0.3 is 15.2 Å². The highest BCUT2D eigenvalue weighted by Gasteiger charge is 2.18. The zero-order valence-electron chi connectivity index (χ0n) is 12.5. The van der Waals surface area contributed by atoms with E-state index in [1.54, 1.807) is 29.9 Å². The van der Waals surface area contributed by atoms with E-state index in [1.165, 1.54) is 12.1 Å². The molecule has 1 aromatic heterocycles. The highest BCUT2D eigenvalue weighted by atomic mass is 19.1. The average molecular weight is 303 g/mol. The number of hydrogen-bond donors (Lipinski definition) is 1. The predicted octanol–water partition coefficient (Wildman–Crippen LogP) is 2.54. The summed E-state index contributed by atoms with van der Waals surface area (Å²) in [4.78, 5) is 0. The first-order valence-electron chi connectivity index (χ1n) is 6.85. The Kier molecular flexibility index (Phi) is 5.02. The van der Waals surface area contributed by atoms with Gasteiger partial charge in [0.1, 0.15) is 23.7 Å². The molecule has 0 spiro atoms. The lowest BCUT2D eigenvalue weighted by Crippen LogP contribution is -2.21. The van der Waals surface area contributed by atoms with Crippen molar-refractivity contribution in [2.45, 2.75) is 19.6 Å². The smallest absolute Gasteiger partial charge is 0.219 e. The molecule has 0 amide bonds. The molecule has 5 nitrogen and oxygen atoms in total. The molecule has 6 heteroatoms. The van der Waals surface area contributed by atoms with Gasteiger partial charge in [0.05, 0.1) is 18.8 Å². The van der Waals surface area contributed by atoms with Crippen molar-refractivity contribution < 1.29 is 13.9 Å². The minimum absolute atomic E-state index is 0.168. The number of nitrogens with two attached hydrogens (primary N) is 1. The number of nitrogens with zero attached hydrogens (tertiary/aromatic N) is 2. The SMILES string of the molecule is COC[C@@H](C)Oc1c(N)cc(C#N)n1Cc1ccccc1F. The number of hydrogen-bond acceptors (Lipinski definition) is 4. The number of anilines is 1. The van der Waals surface area contributed by atoms with E-state index in [0.29, 0.717) is 29.4 Å². The minimum Gasteiger partial charge on any atom is -0.472 e. The third-order valence-electron chi connectivity index (χ3n) is 3.19. The molecule has 2 aromatic rings. The Morgan fingerprint density at radius 1 is 1.41 bits per heavy atom. The fourth-order valence-electron chi connectivity index (χ4n) is 2.19. The quantitative estimate of drug-likeness (QED) is 0.890. The molecule has 116 valence electrons. The molecular formula is C16H18FN3O2. The third kappa shape index (κ3) is 3.38. The largest absolute Gasteiger partial charge is 0.472 e.